The Morgan fingerprint density at radius 3 is 1.63 bits per heavy atom. The molecule has 3 aromatic carbocycles. The second kappa shape index (κ2) is 20.7. The van der Waals surface area contributed by atoms with Crippen LogP contribution in [0.25, 0.3) is 0 Å². The number of aryl methyl sites for hydroxylation is 1. The molecule has 0 aromatic heterocycles. The first-order valence-electron chi connectivity index (χ1n) is 9.82. The van der Waals surface area contributed by atoms with Crippen LogP contribution in [0.4, 0.5) is 0 Å². The van der Waals surface area contributed by atoms with Gasteiger partial charge in [-0.25, -0.2) is 0 Å². The lowest BCUT2D eigenvalue weighted by Gasteiger charge is -1.97. The smallest absolute Gasteiger partial charge is 0.0697 e. The molecule has 0 saturated heterocycles. The molecule has 30 heavy (non-hydrogen) atoms. The summed E-state index contributed by atoms with van der Waals surface area (Å²) in [5.74, 6) is 0. The van der Waals surface area contributed by atoms with E-state index in [0.29, 0.717) is 21.7 Å². The SMILES string of the molecule is CCCCOCCO.Cc1ccccc1.Clc1ccc(Cl)c(Cl)c1.c1ccccc1. The second-order valence-corrected chi connectivity index (χ2v) is 7.31. The van der Waals surface area contributed by atoms with E-state index >= 15 is 0 Å². The molecule has 2 nitrogen and oxygen atoms in total. The third kappa shape index (κ3) is 18.5. The largest absolute Gasteiger partial charge is 0.394 e. The molecule has 3 rings (SSSR count). The minimum Gasteiger partial charge on any atom is -0.394 e. The molecule has 164 valence electrons. The van der Waals surface area contributed by atoms with Crippen molar-refractivity contribution in [3.63, 3.8) is 0 Å². The van der Waals surface area contributed by atoms with E-state index in [-0.39, 0.29) is 6.61 Å². The maximum absolute atomic E-state index is 8.24. The summed E-state index contributed by atoms with van der Waals surface area (Å²) in [4.78, 5) is 0. The van der Waals surface area contributed by atoms with Gasteiger partial charge in [-0.15, -0.1) is 0 Å². The third-order valence-electron chi connectivity index (χ3n) is 3.37. The number of aliphatic hydroxyl groups is 1. The lowest BCUT2D eigenvalue weighted by atomic mass is 10.2. The first kappa shape index (κ1) is 28.5. The Bertz CT molecular complexity index is 705. The fourth-order valence-electron chi connectivity index (χ4n) is 1.80. The highest BCUT2D eigenvalue weighted by molar-refractivity contribution is 6.43. The maximum atomic E-state index is 8.24. The Morgan fingerprint density at radius 1 is 0.733 bits per heavy atom. The van der Waals surface area contributed by atoms with Gasteiger partial charge in [0.25, 0.3) is 0 Å². The predicted molar refractivity (Wildman–Crippen MR) is 132 cm³/mol. The molecule has 0 unspecified atom stereocenters. The van der Waals surface area contributed by atoms with Crippen LogP contribution in [0.15, 0.2) is 84.9 Å². The van der Waals surface area contributed by atoms with Crippen LogP contribution in [0.5, 0.6) is 0 Å². The number of ether oxygens (including phenoxy) is 1. The van der Waals surface area contributed by atoms with Crippen LogP contribution in [0.1, 0.15) is 25.3 Å². The van der Waals surface area contributed by atoms with Gasteiger partial charge in [0.05, 0.1) is 23.3 Å². The van der Waals surface area contributed by atoms with Gasteiger partial charge in [0, 0.05) is 11.6 Å². The summed E-state index contributed by atoms with van der Waals surface area (Å²) in [6.45, 7) is 5.61. The molecule has 0 fully saturated rings. The summed E-state index contributed by atoms with van der Waals surface area (Å²) in [7, 11) is 0. The number of aliphatic hydroxyl groups excluding tert-OH is 1. The molecule has 0 aliphatic rings. The van der Waals surface area contributed by atoms with Crippen LogP contribution in [0.2, 0.25) is 15.1 Å². The Balaban J connectivity index is 0.000000377. The number of hydrogen-bond acceptors (Lipinski definition) is 2. The Morgan fingerprint density at radius 2 is 1.27 bits per heavy atom. The molecule has 0 bridgehead atoms. The first-order chi connectivity index (χ1) is 14.5. The highest BCUT2D eigenvalue weighted by atomic mass is 35.5. The van der Waals surface area contributed by atoms with Crippen molar-refractivity contribution in [1.82, 2.24) is 0 Å². The summed E-state index contributed by atoms with van der Waals surface area (Å²) in [6.07, 6.45) is 2.26. The summed E-state index contributed by atoms with van der Waals surface area (Å²) in [6, 6.07) is 27.2. The zero-order chi connectivity index (χ0) is 22.5. The van der Waals surface area contributed by atoms with Crippen LogP contribution >= 0.6 is 34.8 Å². The molecule has 0 spiro atoms. The summed E-state index contributed by atoms with van der Waals surface area (Å²) >= 11 is 16.8. The molecule has 3 aromatic rings. The van der Waals surface area contributed by atoms with Crippen LogP contribution in [-0.2, 0) is 4.74 Å². The number of rotatable bonds is 5. The highest BCUT2D eigenvalue weighted by Crippen LogP contribution is 2.24. The van der Waals surface area contributed by atoms with E-state index in [4.69, 9.17) is 44.6 Å². The monoisotopic (exact) mass is 468 g/mol. The van der Waals surface area contributed by atoms with Crippen LogP contribution in [0, 0.1) is 6.92 Å². The summed E-state index contributed by atoms with van der Waals surface area (Å²) < 4.78 is 4.97. The van der Waals surface area contributed by atoms with Crippen LogP contribution in [-0.4, -0.2) is 24.9 Å². The average Bonchev–Trinajstić information content (AvgIpc) is 2.77. The number of unbranched alkanes of at least 4 members (excludes halogenated alkanes) is 1. The Hall–Kier alpha value is -1.55. The van der Waals surface area contributed by atoms with Gasteiger partial charge < -0.3 is 9.84 Å². The Kier molecular flexibility index (Phi) is 19.6. The van der Waals surface area contributed by atoms with E-state index < -0.39 is 0 Å². The van der Waals surface area contributed by atoms with Gasteiger partial charge in [0.1, 0.15) is 0 Å². The van der Waals surface area contributed by atoms with Gasteiger partial charge in [-0.2, -0.15) is 0 Å². The molecule has 1 N–H and O–H groups in total. The van der Waals surface area contributed by atoms with Crippen molar-refractivity contribution in [1.29, 1.82) is 0 Å². The van der Waals surface area contributed by atoms with Gasteiger partial charge in [0.15, 0.2) is 0 Å². The van der Waals surface area contributed by atoms with Gasteiger partial charge in [-0.3, -0.25) is 0 Å². The lowest BCUT2D eigenvalue weighted by molar-refractivity contribution is 0.0904. The van der Waals surface area contributed by atoms with E-state index in [2.05, 4.69) is 26.0 Å². The van der Waals surface area contributed by atoms with Crippen molar-refractivity contribution in [3.05, 3.63) is 106 Å². The van der Waals surface area contributed by atoms with Crippen molar-refractivity contribution in [2.45, 2.75) is 26.7 Å². The maximum Gasteiger partial charge on any atom is 0.0697 e. The fraction of sp³-hybridized carbons (Fsp3) is 0.280. The van der Waals surface area contributed by atoms with Crippen molar-refractivity contribution in [3.8, 4) is 0 Å². The molecular weight excluding hydrogens is 439 g/mol. The first-order valence-corrected chi connectivity index (χ1v) is 11.0. The number of hydrogen-bond donors (Lipinski definition) is 1. The number of benzene rings is 3. The van der Waals surface area contributed by atoms with Crippen molar-refractivity contribution in [2.24, 2.45) is 0 Å². The Labute approximate surface area is 196 Å². The fourth-order valence-corrected chi connectivity index (χ4v) is 2.33. The van der Waals surface area contributed by atoms with Gasteiger partial charge >= 0.3 is 0 Å². The van der Waals surface area contributed by atoms with Crippen molar-refractivity contribution < 1.29 is 9.84 Å². The molecule has 0 amide bonds. The molecule has 0 atom stereocenters. The molecule has 5 heteroatoms. The van der Waals surface area contributed by atoms with Crippen molar-refractivity contribution >= 4 is 34.8 Å². The van der Waals surface area contributed by atoms with E-state index in [1.54, 1.807) is 18.2 Å². The standard InChI is InChI=1S/C7H8.C6H3Cl3.C6H14O2.C6H6/c1-7-5-3-2-4-6-7;7-4-1-2-5(8)6(9)3-4;1-2-3-5-8-6-4-7;1-2-4-6-5-3-1/h2-6H,1H3;1-3H;7H,2-6H2,1H3;1-6H. The zero-order valence-electron chi connectivity index (χ0n) is 17.6. The topological polar surface area (TPSA) is 29.5 Å². The molecule has 0 heterocycles. The quantitative estimate of drug-likeness (QED) is 0.302. The molecular formula is C25H31Cl3O2. The van der Waals surface area contributed by atoms with E-state index in [0.717, 1.165) is 19.4 Å². The summed E-state index contributed by atoms with van der Waals surface area (Å²) in [5, 5.41) is 9.86. The van der Waals surface area contributed by atoms with Crippen molar-refractivity contribution in [2.75, 3.05) is 19.8 Å². The van der Waals surface area contributed by atoms with E-state index in [1.807, 2.05) is 54.6 Å². The summed E-state index contributed by atoms with van der Waals surface area (Å²) in [5.41, 5.74) is 1.32. The van der Waals surface area contributed by atoms with Gasteiger partial charge in [-0.1, -0.05) is 120 Å². The molecule has 0 aliphatic carbocycles. The van der Waals surface area contributed by atoms with E-state index in [9.17, 15) is 0 Å². The zero-order valence-corrected chi connectivity index (χ0v) is 19.9. The minimum absolute atomic E-state index is 0.143. The molecule has 0 saturated carbocycles. The second-order valence-electron chi connectivity index (χ2n) is 6.06. The molecule has 0 radical (unpaired) electrons. The normalized spacial score (nSPS) is 9.13. The number of halogens is 3. The van der Waals surface area contributed by atoms with Crippen LogP contribution < -0.4 is 0 Å². The predicted octanol–water partition coefficient (Wildman–Crippen LogP) is 8.12. The van der Waals surface area contributed by atoms with Crippen LogP contribution in [0.3, 0.4) is 0 Å². The third-order valence-corrected chi connectivity index (χ3v) is 4.34. The minimum atomic E-state index is 0.143. The molecule has 0 aliphatic heterocycles. The van der Waals surface area contributed by atoms with Gasteiger partial charge in [-0.05, 0) is 31.5 Å². The lowest BCUT2D eigenvalue weighted by Crippen LogP contribution is -1.99. The van der Waals surface area contributed by atoms with E-state index in [1.165, 1.54) is 5.56 Å². The highest BCUT2D eigenvalue weighted by Gasteiger charge is 1.95. The van der Waals surface area contributed by atoms with Gasteiger partial charge in [0.2, 0.25) is 0 Å². The average molecular weight is 470 g/mol.